The van der Waals surface area contributed by atoms with E-state index < -0.39 is 0 Å². The van der Waals surface area contributed by atoms with Crippen LogP contribution in [0.5, 0.6) is 5.75 Å². The van der Waals surface area contributed by atoms with Crippen LogP contribution in [0.2, 0.25) is 0 Å². The minimum absolute atomic E-state index is 0.0830. The van der Waals surface area contributed by atoms with Gasteiger partial charge in [0.05, 0.1) is 0 Å². The van der Waals surface area contributed by atoms with Crippen LogP contribution in [0, 0.1) is 0 Å². The number of hydrogen-bond donors (Lipinski definition) is 1. The molecule has 3 heterocycles. The van der Waals surface area contributed by atoms with Gasteiger partial charge in [-0.1, -0.05) is 30.3 Å². The predicted molar refractivity (Wildman–Crippen MR) is 124 cm³/mol. The summed E-state index contributed by atoms with van der Waals surface area (Å²) in [5, 5.41) is 5.37. The number of para-hydroxylation sites is 1. The van der Waals surface area contributed by atoms with Crippen LogP contribution in [-0.2, 0) is 6.54 Å². The number of thiophene rings is 1. The smallest absolute Gasteiger partial charge is 0.134 e. The lowest BCUT2D eigenvalue weighted by Gasteiger charge is -2.35. The number of nitrogens with zero attached hydrogens (tertiary/aromatic N) is 3. The van der Waals surface area contributed by atoms with Crippen molar-refractivity contribution in [2.75, 3.05) is 44.7 Å². The van der Waals surface area contributed by atoms with Crippen LogP contribution in [0.15, 0.2) is 66.2 Å². The van der Waals surface area contributed by atoms with E-state index in [1.54, 1.807) is 11.3 Å². The lowest BCUT2D eigenvalue weighted by molar-refractivity contribution is 0.190. The maximum Gasteiger partial charge on any atom is 0.134 e. The van der Waals surface area contributed by atoms with Gasteiger partial charge in [-0.05, 0) is 43.2 Å². The first-order valence-corrected chi connectivity index (χ1v) is 11.5. The topological polar surface area (TPSA) is 40.6 Å². The van der Waals surface area contributed by atoms with Crippen LogP contribution >= 0.6 is 11.3 Å². The quantitative estimate of drug-likeness (QED) is 0.560. The third kappa shape index (κ3) is 5.39. The van der Waals surface area contributed by atoms with Gasteiger partial charge in [-0.15, -0.1) is 11.3 Å². The highest BCUT2D eigenvalue weighted by Gasteiger charge is 2.20. The summed E-state index contributed by atoms with van der Waals surface area (Å²) in [6.07, 6.45) is 2.90. The lowest BCUT2D eigenvalue weighted by atomic mass is 10.1. The number of hydrogen-bond acceptors (Lipinski definition) is 6. The van der Waals surface area contributed by atoms with E-state index in [-0.39, 0.29) is 6.10 Å². The summed E-state index contributed by atoms with van der Waals surface area (Å²) in [6.45, 7) is 5.90. The molecular formula is C24H30N4OS. The molecule has 0 spiro atoms. The first kappa shape index (κ1) is 20.8. The van der Waals surface area contributed by atoms with E-state index in [1.807, 2.05) is 19.3 Å². The molecule has 4 rings (SSSR count). The zero-order valence-electron chi connectivity index (χ0n) is 17.5. The van der Waals surface area contributed by atoms with Crippen LogP contribution in [0.1, 0.15) is 23.0 Å². The van der Waals surface area contributed by atoms with Crippen molar-refractivity contribution in [1.82, 2.24) is 15.2 Å². The highest BCUT2D eigenvalue weighted by Crippen LogP contribution is 2.30. The van der Waals surface area contributed by atoms with E-state index in [1.165, 1.54) is 10.4 Å². The number of nitrogens with one attached hydrogen (secondary N) is 1. The van der Waals surface area contributed by atoms with E-state index in [4.69, 9.17) is 4.74 Å². The minimum Gasteiger partial charge on any atom is -0.485 e. The van der Waals surface area contributed by atoms with Gasteiger partial charge in [0.25, 0.3) is 0 Å². The number of pyridine rings is 1. The Bertz CT molecular complexity index is 879. The summed E-state index contributed by atoms with van der Waals surface area (Å²) in [7, 11) is 1.99. The monoisotopic (exact) mass is 422 g/mol. The van der Waals surface area contributed by atoms with Crippen LogP contribution in [0.4, 0.5) is 5.82 Å². The Morgan fingerprint density at radius 2 is 1.87 bits per heavy atom. The third-order valence-corrected chi connectivity index (χ3v) is 6.46. The molecule has 6 heteroatoms. The molecule has 0 saturated carbocycles. The maximum atomic E-state index is 6.55. The summed E-state index contributed by atoms with van der Waals surface area (Å²) in [5.74, 6) is 2.07. The maximum absolute atomic E-state index is 6.55. The van der Waals surface area contributed by atoms with E-state index in [0.29, 0.717) is 0 Å². The molecule has 1 aliphatic rings. The second-order valence-electron chi connectivity index (χ2n) is 7.57. The van der Waals surface area contributed by atoms with Crippen molar-refractivity contribution in [3.63, 3.8) is 0 Å². The van der Waals surface area contributed by atoms with Gasteiger partial charge in [0.1, 0.15) is 17.7 Å². The van der Waals surface area contributed by atoms with Gasteiger partial charge in [0, 0.05) is 55.8 Å². The van der Waals surface area contributed by atoms with Crippen molar-refractivity contribution in [2.24, 2.45) is 0 Å². The fourth-order valence-electron chi connectivity index (χ4n) is 3.83. The molecule has 1 N–H and O–H groups in total. The second-order valence-corrected chi connectivity index (χ2v) is 8.55. The molecule has 0 bridgehead atoms. The molecule has 1 aliphatic heterocycles. The van der Waals surface area contributed by atoms with Gasteiger partial charge in [-0.2, -0.15) is 0 Å². The molecule has 5 nitrogen and oxygen atoms in total. The Hall–Kier alpha value is -2.41. The van der Waals surface area contributed by atoms with E-state index in [2.05, 4.69) is 74.0 Å². The Kier molecular flexibility index (Phi) is 7.34. The van der Waals surface area contributed by atoms with Gasteiger partial charge < -0.3 is 15.0 Å². The van der Waals surface area contributed by atoms with Crippen molar-refractivity contribution in [3.05, 3.63) is 76.6 Å². The molecule has 30 heavy (non-hydrogen) atoms. The number of piperazine rings is 1. The molecule has 1 unspecified atom stereocenters. The summed E-state index contributed by atoms with van der Waals surface area (Å²) >= 11 is 1.77. The average Bonchev–Trinajstić information content (AvgIpc) is 3.34. The van der Waals surface area contributed by atoms with Crippen molar-refractivity contribution in [1.29, 1.82) is 0 Å². The van der Waals surface area contributed by atoms with Crippen molar-refractivity contribution >= 4 is 17.2 Å². The fraction of sp³-hybridized carbons (Fsp3) is 0.375. The van der Waals surface area contributed by atoms with Gasteiger partial charge in [-0.3, -0.25) is 4.90 Å². The molecule has 1 fully saturated rings. The molecule has 0 aliphatic carbocycles. The largest absolute Gasteiger partial charge is 0.485 e. The molecule has 1 aromatic carbocycles. The molecule has 158 valence electrons. The molecular weight excluding hydrogens is 392 g/mol. The molecule has 0 radical (unpaired) electrons. The Morgan fingerprint density at radius 1 is 1.03 bits per heavy atom. The van der Waals surface area contributed by atoms with Crippen LogP contribution in [0.25, 0.3) is 0 Å². The van der Waals surface area contributed by atoms with E-state index in [0.717, 1.165) is 57.3 Å². The van der Waals surface area contributed by atoms with Gasteiger partial charge in [0.2, 0.25) is 0 Å². The summed E-state index contributed by atoms with van der Waals surface area (Å²) in [4.78, 5) is 10.6. The number of rotatable bonds is 9. The van der Waals surface area contributed by atoms with E-state index in [9.17, 15) is 0 Å². The minimum atomic E-state index is 0.0830. The van der Waals surface area contributed by atoms with Crippen LogP contribution < -0.4 is 15.0 Å². The standard InChI is InChI=1S/C24H30N4OS/c1-25-13-11-22(23-9-6-18-30-23)29-21-8-3-2-7-20(21)19-27-14-16-28(17-15-27)24-10-4-5-12-26-24/h2-10,12,18,22,25H,11,13-17,19H2,1H3. The highest BCUT2D eigenvalue weighted by atomic mass is 32.1. The molecule has 2 aromatic heterocycles. The average molecular weight is 423 g/mol. The molecule has 3 aromatic rings. The highest BCUT2D eigenvalue weighted by molar-refractivity contribution is 7.10. The Labute approximate surface area is 183 Å². The first-order valence-electron chi connectivity index (χ1n) is 10.6. The second kappa shape index (κ2) is 10.6. The van der Waals surface area contributed by atoms with E-state index >= 15 is 0 Å². The SMILES string of the molecule is CNCCC(Oc1ccccc1CN1CCN(c2ccccn2)CC1)c1cccs1. The zero-order valence-corrected chi connectivity index (χ0v) is 18.4. The Morgan fingerprint density at radius 3 is 2.60 bits per heavy atom. The molecule has 0 amide bonds. The summed E-state index contributed by atoms with van der Waals surface area (Å²) < 4.78 is 6.55. The number of aromatic nitrogens is 1. The normalized spacial score (nSPS) is 15.8. The van der Waals surface area contributed by atoms with Crippen LogP contribution in [0.3, 0.4) is 0 Å². The van der Waals surface area contributed by atoms with Gasteiger partial charge >= 0.3 is 0 Å². The van der Waals surface area contributed by atoms with Crippen LogP contribution in [-0.4, -0.2) is 49.7 Å². The van der Waals surface area contributed by atoms with Gasteiger partial charge in [0.15, 0.2) is 0 Å². The number of benzene rings is 1. The van der Waals surface area contributed by atoms with Crippen molar-refractivity contribution < 1.29 is 4.74 Å². The van der Waals surface area contributed by atoms with Crippen molar-refractivity contribution in [2.45, 2.75) is 19.1 Å². The number of ether oxygens (including phenoxy) is 1. The fourth-order valence-corrected chi connectivity index (χ4v) is 4.62. The molecule has 1 saturated heterocycles. The first-order chi connectivity index (χ1) is 14.8. The zero-order chi connectivity index (χ0) is 20.6. The number of anilines is 1. The third-order valence-electron chi connectivity index (χ3n) is 5.50. The van der Waals surface area contributed by atoms with Crippen molar-refractivity contribution in [3.8, 4) is 5.75 Å². The summed E-state index contributed by atoms with van der Waals surface area (Å²) in [5.41, 5.74) is 1.26. The summed E-state index contributed by atoms with van der Waals surface area (Å²) in [6, 6.07) is 18.9. The molecule has 1 atom stereocenters. The Balaban J connectivity index is 1.40. The lowest BCUT2D eigenvalue weighted by Crippen LogP contribution is -2.46. The predicted octanol–water partition coefficient (Wildman–Crippen LogP) is 4.19. The van der Waals surface area contributed by atoms with Gasteiger partial charge in [-0.25, -0.2) is 4.98 Å².